The molecule has 0 aromatic heterocycles. The van der Waals surface area contributed by atoms with E-state index in [1.54, 1.807) is 29.2 Å². The molecule has 1 heterocycles. The standard InChI is InChI=1S/C15H16ClNO4/c1-3-10(15(19)20-2)6-7-17-12-8-11(16)4-5-13(12)21-9-14(17)18/h4-6,8H,3,7,9H2,1-2H3. The molecule has 0 N–H and O–H groups in total. The third kappa shape index (κ3) is 3.36. The Hall–Kier alpha value is -2.01. The lowest BCUT2D eigenvalue weighted by molar-refractivity contribution is -0.136. The number of fused-ring (bicyclic) bond motifs is 1. The predicted octanol–water partition coefficient (Wildman–Crippen LogP) is 2.57. The number of anilines is 1. The minimum atomic E-state index is -0.385. The van der Waals surface area contributed by atoms with Gasteiger partial charge in [0, 0.05) is 17.1 Å². The average molecular weight is 310 g/mol. The van der Waals surface area contributed by atoms with Crippen molar-refractivity contribution >= 4 is 29.2 Å². The normalized spacial score (nSPS) is 14.5. The van der Waals surface area contributed by atoms with Crippen molar-refractivity contribution in [2.45, 2.75) is 13.3 Å². The molecule has 0 atom stereocenters. The van der Waals surface area contributed by atoms with Gasteiger partial charge >= 0.3 is 5.97 Å². The SMILES string of the molecule is CCC(=CCN1C(=O)COc2ccc(Cl)cc21)C(=O)OC. The summed E-state index contributed by atoms with van der Waals surface area (Å²) in [5.41, 5.74) is 1.13. The third-order valence-electron chi connectivity index (χ3n) is 3.21. The highest BCUT2D eigenvalue weighted by Gasteiger charge is 2.25. The average Bonchev–Trinajstić information content (AvgIpc) is 2.49. The van der Waals surface area contributed by atoms with Crippen molar-refractivity contribution in [1.29, 1.82) is 0 Å². The second kappa shape index (κ2) is 6.63. The smallest absolute Gasteiger partial charge is 0.333 e. The molecule has 21 heavy (non-hydrogen) atoms. The topological polar surface area (TPSA) is 55.8 Å². The van der Waals surface area contributed by atoms with Gasteiger partial charge in [-0.15, -0.1) is 0 Å². The van der Waals surface area contributed by atoms with Crippen LogP contribution in [0.2, 0.25) is 5.02 Å². The van der Waals surface area contributed by atoms with Crippen LogP contribution in [-0.4, -0.2) is 32.1 Å². The number of methoxy groups -OCH3 is 1. The Labute approximate surface area is 128 Å². The molecule has 1 aliphatic heterocycles. The van der Waals surface area contributed by atoms with Gasteiger partial charge in [-0.2, -0.15) is 0 Å². The summed E-state index contributed by atoms with van der Waals surface area (Å²) < 4.78 is 10.1. The van der Waals surface area contributed by atoms with Crippen molar-refractivity contribution in [2.75, 3.05) is 25.2 Å². The molecule has 2 rings (SSSR count). The fourth-order valence-electron chi connectivity index (χ4n) is 2.08. The summed E-state index contributed by atoms with van der Waals surface area (Å²) in [7, 11) is 1.33. The van der Waals surface area contributed by atoms with Crippen LogP contribution in [0.3, 0.4) is 0 Å². The molecular formula is C15H16ClNO4. The molecule has 5 nitrogen and oxygen atoms in total. The van der Waals surface area contributed by atoms with E-state index in [2.05, 4.69) is 0 Å². The molecule has 0 aliphatic carbocycles. The Bertz CT molecular complexity index is 597. The van der Waals surface area contributed by atoms with Crippen molar-refractivity contribution in [1.82, 2.24) is 0 Å². The van der Waals surface area contributed by atoms with Crippen molar-refractivity contribution in [2.24, 2.45) is 0 Å². The number of hydrogen-bond acceptors (Lipinski definition) is 4. The fraction of sp³-hybridized carbons (Fsp3) is 0.333. The van der Waals surface area contributed by atoms with Gasteiger partial charge in [-0.05, 0) is 24.6 Å². The molecule has 0 saturated heterocycles. The largest absolute Gasteiger partial charge is 0.482 e. The Morgan fingerprint density at radius 2 is 2.29 bits per heavy atom. The van der Waals surface area contributed by atoms with Crippen LogP contribution in [0.5, 0.6) is 5.75 Å². The monoisotopic (exact) mass is 309 g/mol. The van der Waals surface area contributed by atoms with E-state index in [-0.39, 0.29) is 25.0 Å². The van der Waals surface area contributed by atoms with E-state index in [1.165, 1.54) is 7.11 Å². The van der Waals surface area contributed by atoms with E-state index < -0.39 is 0 Å². The number of nitrogens with zero attached hydrogens (tertiary/aromatic N) is 1. The van der Waals surface area contributed by atoms with E-state index in [1.807, 2.05) is 6.92 Å². The van der Waals surface area contributed by atoms with Gasteiger partial charge in [0.2, 0.25) is 0 Å². The highest BCUT2D eigenvalue weighted by molar-refractivity contribution is 6.31. The Balaban J connectivity index is 2.27. The summed E-state index contributed by atoms with van der Waals surface area (Å²) in [6, 6.07) is 5.10. The molecule has 0 unspecified atom stereocenters. The molecule has 0 radical (unpaired) electrons. The maximum absolute atomic E-state index is 12.0. The summed E-state index contributed by atoms with van der Waals surface area (Å²) in [6.07, 6.45) is 2.23. The van der Waals surface area contributed by atoms with Crippen LogP contribution in [0.25, 0.3) is 0 Å². The third-order valence-corrected chi connectivity index (χ3v) is 3.45. The number of carbonyl (C=O) groups is 2. The zero-order valence-corrected chi connectivity index (χ0v) is 12.6. The quantitative estimate of drug-likeness (QED) is 0.633. The zero-order chi connectivity index (χ0) is 15.4. The molecule has 0 fully saturated rings. The predicted molar refractivity (Wildman–Crippen MR) is 79.7 cm³/mol. The first-order valence-electron chi connectivity index (χ1n) is 6.57. The minimum absolute atomic E-state index is 0.0256. The lowest BCUT2D eigenvalue weighted by Gasteiger charge is -2.28. The van der Waals surface area contributed by atoms with Gasteiger partial charge in [0.15, 0.2) is 6.61 Å². The first-order valence-corrected chi connectivity index (χ1v) is 6.94. The maximum Gasteiger partial charge on any atom is 0.333 e. The Kier molecular flexibility index (Phi) is 4.85. The maximum atomic E-state index is 12.0. The number of ether oxygens (including phenoxy) is 2. The van der Waals surface area contributed by atoms with E-state index in [0.29, 0.717) is 28.5 Å². The summed E-state index contributed by atoms with van der Waals surface area (Å²) in [5.74, 6) is 0.0365. The first kappa shape index (κ1) is 15.4. The fourth-order valence-corrected chi connectivity index (χ4v) is 2.25. The van der Waals surface area contributed by atoms with Crippen LogP contribution in [0.15, 0.2) is 29.8 Å². The number of carbonyl (C=O) groups excluding carboxylic acids is 2. The Morgan fingerprint density at radius 3 is 2.95 bits per heavy atom. The molecular weight excluding hydrogens is 294 g/mol. The highest BCUT2D eigenvalue weighted by atomic mass is 35.5. The molecule has 1 amide bonds. The number of esters is 1. The van der Waals surface area contributed by atoms with Crippen LogP contribution >= 0.6 is 11.6 Å². The number of halogens is 1. The lowest BCUT2D eigenvalue weighted by atomic mass is 10.1. The van der Waals surface area contributed by atoms with Crippen LogP contribution in [0.1, 0.15) is 13.3 Å². The van der Waals surface area contributed by atoms with E-state index in [4.69, 9.17) is 21.1 Å². The van der Waals surface area contributed by atoms with Gasteiger partial charge in [-0.1, -0.05) is 24.6 Å². The highest BCUT2D eigenvalue weighted by Crippen LogP contribution is 2.34. The van der Waals surface area contributed by atoms with Crippen molar-refractivity contribution in [3.63, 3.8) is 0 Å². The van der Waals surface area contributed by atoms with Crippen molar-refractivity contribution in [3.8, 4) is 5.75 Å². The van der Waals surface area contributed by atoms with Crippen LogP contribution in [-0.2, 0) is 14.3 Å². The summed E-state index contributed by atoms with van der Waals surface area (Å²) in [5, 5.41) is 0.518. The van der Waals surface area contributed by atoms with Crippen LogP contribution < -0.4 is 9.64 Å². The molecule has 1 aliphatic rings. The minimum Gasteiger partial charge on any atom is -0.482 e. The molecule has 0 spiro atoms. The van der Waals surface area contributed by atoms with Crippen LogP contribution in [0, 0.1) is 0 Å². The zero-order valence-electron chi connectivity index (χ0n) is 11.9. The molecule has 1 aromatic rings. The van der Waals surface area contributed by atoms with Gasteiger partial charge in [0.1, 0.15) is 5.75 Å². The number of rotatable bonds is 4. The number of amides is 1. The molecule has 112 valence electrons. The van der Waals surface area contributed by atoms with E-state index in [9.17, 15) is 9.59 Å². The van der Waals surface area contributed by atoms with Gasteiger partial charge in [0.05, 0.1) is 12.8 Å². The van der Waals surface area contributed by atoms with E-state index >= 15 is 0 Å². The van der Waals surface area contributed by atoms with Crippen molar-refractivity contribution in [3.05, 3.63) is 34.9 Å². The summed E-state index contributed by atoms with van der Waals surface area (Å²) >= 11 is 5.97. The van der Waals surface area contributed by atoms with Gasteiger partial charge in [-0.25, -0.2) is 4.79 Å². The Morgan fingerprint density at radius 1 is 1.52 bits per heavy atom. The second-order valence-electron chi connectivity index (χ2n) is 4.48. The first-order chi connectivity index (χ1) is 10.1. The van der Waals surface area contributed by atoms with Crippen LogP contribution in [0.4, 0.5) is 5.69 Å². The number of hydrogen-bond donors (Lipinski definition) is 0. The molecule has 1 aromatic carbocycles. The molecule has 0 saturated carbocycles. The van der Waals surface area contributed by atoms with Gasteiger partial charge in [0.25, 0.3) is 5.91 Å². The molecule has 0 bridgehead atoms. The van der Waals surface area contributed by atoms with Crippen molar-refractivity contribution < 1.29 is 19.1 Å². The summed E-state index contributed by atoms with van der Waals surface area (Å²) in [4.78, 5) is 25.1. The molecule has 6 heteroatoms. The second-order valence-corrected chi connectivity index (χ2v) is 4.92. The van der Waals surface area contributed by atoms with Gasteiger partial charge < -0.3 is 14.4 Å². The number of benzene rings is 1. The van der Waals surface area contributed by atoms with E-state index in [0.717, 1.165) is 0 Å². The van der Waals surface area contributed by atoms with Gasteiger partial charge in [-0.3, -0.25) is 4.79 Å². The summed E-state index contributed by atoms with van der Waals surface area (Å²) in [6.45, 7) is 2.10. The lowest BCUT2D eigenvalue weighted by Crippen LogP contribution is -2.39.